The Kier molecular flexibility index (Phi) is 4.59. The molecule has 0 aromatic rings. The van der Waals surface area contributed by atoms with E-state index in [-0.39, 0.29) is 12.6 Å². The van der Waals surface area contributed by atoms with Gasteiger partial charge in [-0.15, -0.1) is 0 Å². The monoisotopic (exact) mass is 172 g/mol. The third-order valence-electron chi connectivity index (χ3n) is 1.39. The van der Waals surface area contributed by atoms with E-state index in [4.69, 9.17) is 9.47 Å². The summed E-state index contributed by atoms with van der Waals surface area (Å²) in [7, 11) is 1.56. The number of methoxy groups -OCH3 is 1. The third-order valence-corrected chi connectivity index (χ3v) is 1.39. The van der Waals surface area contributed by atoms with Crippen molar-refractivity contribution in [2.75, 3.05) is 20.3 Å². The van der Waals surface area contributed by atoms with Gasteiger partial charge in [0.1, 0.15) is 6.61 Å². The molecule has 0 aliphatic carbocycles. The molecule has 0 aromatic carbocycles. The van der Waals surface area contributed by atoms with Crippen molar-refractivity contribution in [2.24, 2.45) is 5.41 Å². The van der Waals surface area contributed by atoms with Crippen molar-refractivity contribution in [3.8, 4) is 0 Å². The van der Waals surface area contributed by atoms with E-state index >= 15 is 0 Å². The molecule has 0 saturated carbocycles. The van der Waals surface area contributed by atoms with Gasteiger partial charge in [0.2, 0.25) is 0 Å². The van der Waals surface area contributed by atoms with Crippen molar-refractivity contribution in [1.82, 2.24) is 0 Å². The SMILES string of the molecule is C=CCOC(=O)C(C)(C)COC. The van der Waals surface area contributed by atoms with Crippen LogP contribution in [0.2, 0.25) is 0 Å². The highest BCUT2D eigenvalue weighted by Crippen LogP contribution is 2.17. The number of hydrogen-bond donors (Lipinski definition) is 0. The number of rotatable bonds is 5. The Morgan fingerprint density at radius 2 is 2.17 bits per heavy atom. The van der Waals surface area contributed by atoms with Crippen LogP contribution in [0.25, 0.3) is 0 Å². The molecule has 0 fully saturated rings. The topological polar surface area (TPSA) is 35.5 Å². The van der Waals surface area contributed by atoms with Crippen molar-refractivity contribution in [1.29, 1.82) is 0 Å². The van der Waals surface area contributed by atoms with Gasteiger partial charge in [0.05, 0.1) is 12.0 Å². The van der Waals surface area contributed by atoms with E-state index in [9.17, 15) is 4.79 Å². The minimum Gasteiger partial charge on any atom is -0.461 e. The van der Waals surface area contributed by atoms with Gasteiger partial charge in [-0.25, -0.2) is 0 Å². The second-order valence-electron chi connectivity index (χ2n) is 3.20. The predicted molar refractivity (Wildman–Crippen MR) is 46.8 cm³/mol. The molecule has 0 aromatic heterocycles. The lowest BCUT2D eigenvalue weighted by Crippen LogP contribution is -2.31. The van der Waals surface area contributed by atoms with Crippen LogP contribution in [0.3, 0.4) is 0 Å². The van der Waals surface area contributed by atoms with Crippen LogP contribution in [0, 0.1) is 5.41 Å². The van der Waals surface area contributed by atoms with Gasteiger partial charge in [-0.05, 0) is 13.8 Å². The number of ether oxygens (including phenoxy) is 2. The molecule has 3 heteroatoms. The summed E-state index contributed by atoms with van der Waals surface area (Å²) in [5.74, 6) is -0.260. The molecular weight excluding hydrogens is 156 g/mol. The largest absolute Gasteiger partial charge is 0.461 e. The smallest absolute Gasteiger partial charge is 0.314 e. The molecule has 0 heterocycles. The van der Waals surface area contributed by atoms with Crippen LogP contribution in [0.5, 0.6) is 0 Å². The highest BCUT2D eigenvalue weighted by atomic mass is 16.5. The Morgan fingerprint density at radius 1 is 1.58 bits per heavy atom. The Labute approximate surface area is 73.4 Å². The molecule has 0 aliphatic heterocycles. The molecule has 0 radical (unpaired) electrons. The fourth-order valence-electron chi connectivity index (χ4n) is 0.750. The summed E-state index contributed by atoms with van der Waals surface area (Å²) in [5, 5.41) is 0. The van der Waals surface area contributed by atoms with Gasteiger partial charge in [0, 0.05) is 7.11 Å². The lowest BCUT2D eigenvalue weighted by molar-refractivity contribution is -0.155. The van der Waals surface area contributed by atoms with Gasteiger partial charge < -0.3 is 9.47 Å². The van der Waals surface area contributed by atoms with E-state index in [1.807, 2.05) is 0 Å². The Morgan fingerprint density at radius 3 is 2.58 bits per heavy atom. The second-order valence-corrected chi connectivity index (χ2v) is 3.20. The lowest BCUT2D eigenvalue weighted by atomic mass is 9.95. The van der Waals surface area contributed by atoms with Crippen LogP contribution in [0.4, 0.5) is 0 Å². The van der Waals surface area contributed by atoms with Gasteiger partial charge >= 0.3 is 5.97 Å². The summed E-state index contributed by atoms with van der Waals surface area (Å²) in [4.78, 5) is 11.3. The first-order chi connectivity index (χ1) is 5.54. The minimum atomic E-state index is -0.572. The van der Waals surface area contributed by atoms with E-state index in [1.165, 1.54) is 0 Å². The molecule has 0 amide bonds. The molecular formula is C9H16O3. The zero-order chi connectivity index (χ0) is 9.61. The highest BCUT2D eigenvalue weighted by molar-refractivity contribution is 5.76. The standard InChI is InChI=1S/C9H16O3/c1-5-6-12-8(10)9(2,3)7-11-4/h5H,1,6-7H2,2-4H3. The first-order valence-corrected chi connectivity index (χ1v) is 3.81. The first-order valence-electron chi connectivity index (χ1n) is 3.81. The van der Waals surface area contributed by atoms with Crippen LogP contribution in [-0.2, 0) is 14.3 Å². The second kappa shape index (κ2) is 4.93. The quantitative estimate of drug-likeness (QED) is 0.464. The van der Waals surface area contributed by atoms with Crippen molar-refractivity contribution in [3.05, 3.63) is 12.7 Å². The average molecular weight is 172 g/mol. The third kappa shape index (κ3) is 3.53. The summed E-state index contributed by atoms with van der Waals surface area (Å²) in [6, 6.07) is 0. The molecule has 0 N–H and O–H groups in total. The summed E-state index contributed by atoms with van der Waals surface area (Å²) in [5.41, 5.74) is -0.572. The zero-order valence-corrected chi connectivity index (χ0v) is 7.92. The van der Waals surface area contributed by atoms with Crippen LogP contribution in [-0.4, -0.2) is 26.3 Å². The van der Waals surface area contributed by atoms with Gasteiger partial charge in [0.15, 0.2) is 0 Å². The van der Waals surface area contributed by atoms with Gasteiger partial charge in [0.25, 0.3) is 0 Å². The van der Waals surface area contributed by atoms with Crippen LogP contribution < -0.4 is 0 Å². The van der Waals surface area contributed by atoms with E-state index in [2.05, 4.69) is 6.58 Å². The van der Waals surface area contributed by atoms with Crippen molar-refractivity contribution in [3.63, 3.8) is 0 Å². The van der Waals surface area contributed by atoms with Crippen molar-refractivity contribution < 1.29 is 14.3 Å². The van der Waals surface area contributed by atoms with Crippen LogP contribution in [0.15, 0.2) is 12.7 Å². The van der Waals surface area contributed by atoms with Crippen LogP contribution in [0.1, 0.15) is 13.8 Å². The van der Waals surface area contributed by atoms with E-state index in [0.29, 0.717) is 6.61 Å². The Bertz CT molecular complexity index is 161. The normalized spacial score (nSPS) is 10.9. The maximum Gasteiger partial charge on any atom is 0.314 e. The molecule has 70 valence electrons. The fourth-order valence-corrected chi connectivity index (χ4v) is 0.750. The Balaban J connectivity index is 3.96. The summed E-state index contributed by atoms with van der Waals surface area (Å²) in [6.07, 6.45) is 1.54. The maximum absolute atomic E-state index is 11.3. The molecule has 0 aliphatic rings. The van der Waals surface area contributed by atoms with Gasteiger partial charge in [-0.3, -0.25) is 4.79 Å². The van der Waals surface area contributed by atoms with Gasteiger partial charge in [-0.1, -0.05) is 12.7 Å². The minimum absolute atomic E-state index is 0.256. The highest BCUT2D eigenvalue weighted by Gasteiger charge is 2.28. The van der Waals surface area contributed by atoms with E-state index < -0.39 is 5.41 Å². The summed E-state index contributed by atoms with van der Waals surface area (Å²) >= 11 is 0. The number of carbonyl (C=O) groups excluding carboxylic acids is 1. The maximum atomic E-state index is 11.3. The van der Waals surface area contributed by atoms with Crippen LogP contribution >= 0.6 is 0 Å². The molecule has 3 nitrogen and oxygen atoms in total. The van der Waals surface area contributed by atoms with E-state index in [1.54, 1.807) is 27.0 Å². The fraction of sp³-hybridized carbons (Fsp3) is 0.667. The Hall–Kier alpha value is -0.830. The number of hydrogen-bond acceptors (Lipinski definition) is 3. The molecule has 0 unspecified atom stereocenters. The lowest BCUT2D eigenvalue weighted by Gasteiger charge is -2.20. The number of esters is 1. The zero-order valence-electron chi connectivity index (χ0n) is 7.92. The molecule has 12 heavy (non-hydrogen) atoms. The molecule has 0 rings (SSSR count). The van der Waals surface area contributed by atoms with Gasteiger partial charge in [-0.2, -0.15) is 0 Å². The average Bonchev–Trinajstić information content (AvgIpc) is 2.00. The summed E-state index contributed by atoms with van der Waals surface area (Å²) < 4.78 is 9.75. The summed E-state index contributed by atoms with van der Waals surface area (Å²) in [6.45, 7) is 7.63. The van der Waals surface area contributed by atoms with Crippen molar-refractivity contribution >= 4 is 5.97 Å². The molecule has 0 spiro atoms. The molecule has 0 bridgehead atoms. The number of carbonyl (C=O) groups is 1. The predicted octanol–water partition coefficient (Wildman–Crippen LogP) is 1.39. The van der Waals surface area contributed by atoms with E-state index in [0.717, 1.165) is 0 Å². The molecule has 0 saturated heterocycles. The van der Waals surface area contributed by atoms with Crippen molar-refractivity contribution in [2.45, 2.75) is 13.8 Å². The first kappa shape index (κ1) is 11.2. The molecule has 0 atom stereocenters.